The molecule has 2 aliphatic heterocycles. The van der Waals surface area contributed by atoms with Gasteiger partial charge in [0.15, 0.2) is 5.79 Å². The van der Waals surface area contributed by atoms with Crippen LogP contribution in [0, 0.1) is 0 Å². The maximum atomic E-state index is 6.39. The quantitative estimate of drug-likeness (QED) is 0.559. The third kappa shape index (κ3) is 4.14. The van der Waals surface area contributed by atoms with Crippen LogP contribution < -0.4 is 4.74 Å². The lowest BCUT2D eigenvalue weighted by Gasteiger charge is -2.36. The predicted octanol–water partition coefficient (Wildman–Crippen LogP) is 4.65. The summed E-state index contributed by atoms with van der Waals surface area (Å²) in [5.41, 5.74) is 2.19. The average Bonchev–Trinajstić information content (AvgIpc) is 3.18. The van der Waals surface area contributed by atoms with E-state index in [9.17, 15) is 0 Å². The lowest BCUT2D eigenvalue weighted by atomic mass is 9.86. The van der Waals surface area contributed by atoms with Gasteiger partial charge in [0, 0.05) is 29.6 Å². The molecule has 1 spiro atoms. The van der Waals surface area contributed by atoms with E-state index in [0.29, 0.717) is 42.9 Å². The fourth-order valence-electron chi connectivity index (χ4n) is 5.33. The van der Waals surface area contributed by atoms with Gasteiger partial charge in [0.25, 0.3) is 0 Å². The molecule has 3 aromatic rings. The minimum absolute atomic E-state index is 0.182. The highest BCUT2D eigenvalue weighted by molar-refractivity contribution is 6.30. The number of hydrogen-bond acceptors (Lipinski definition) is 6. The highest BCUT2D eigenvalue weighted by Crippen LogP contribution is 2.39. The Morgan fingerprint density at radius 1 is 1.00 bits per heavy atom. The standard InChI is InChI=1S/C25H27ClN4O3/c26-19-7-10-21-18(14-19)15-25(31-12-3-13-32-25)16-22-28-29-24(30(21)22)17-5-8-20(9-6-17)33-23-4-1-2-11-27-23/h1-2,4,7,10-11,14,17,20H,3,5-6,8-9,12-13,15-16H2. The zero-order chi connectivity index (χ0) is 22.3. The Hall–Kier alpha value is -2.48. The summed E-state index contributed by atoms with van der Waals surface area (Å²) in [6.45, 7) is 1.38. The van der Waals surface area contributed by atoms with Gasteiger partial charge >= 0.3 is 0 Å². The molecule has 0 unspecified atom stereocenters. The van der Waals surface area contributed by atoms with Crippen molar-refractivity contribution in [2.24, 2.45) is 0 Å². The van der Waals surface area contributed by atoms with Crippen molar-refractivity contribution in [1.82, 2.24) is 19.7 Å². The Bertz CT molecular complexity index is 1120. The van der Waals surface area contributed by atoms with Crippen molar-refractivity contribution in [3.63, 3.8) is 0 Å². The van der Waals surface area contributed by atoms with Crippen LogP contribution in [0.1, 0.15) is 55.2 Å². The van der Waals surface area contributed by atoms with E-state index in [1.54, 1.807) is 6.20 Å². The molecule has 1 saturated heterocycles. The van der Waals surface area contributed by atoms with Crippen LogP contribution in [0.15, 0.2) is 42.6 Å². The van der Waals surface area contributed by atoms with Gasteiger partial charge in [-0.2, -0.15) is 0 Å². The first-order chi connectivity index (χ1) is 16.2. The van der Waals surface area contributed by atoms with Crippen molar-refractivity contribution < 1.29 is 14.2 Å². The second-order valence-electron chi connectivity index (χ2n) is 9.16. The number of benzene rings is 1. The lowest BCUT2D eigenvalue weighted by Crippen LogP contribution is -2.44. The first-order valence-electron chi connectivity index (χ1n) is 11.8. The van der Waals surface area contributed by atoms with Gasteiger partial charge in [0.1, 0.15) is 17.8 Å². The number of aromatic nitrogens is 4. The van der Waals surface area contributed by atoms with Gasteiger partial charge in [0.05, 0.1) is 25.3 Å². The molecule has 3 aliphatic rings. The predicted molar refractivity (Wildman–Crippen MR) is 123 cm³/mol. The van der Waals surface area contributed by atoms with E-state index in [1.807, 2.05) is 30.3 Å². The number of hydrogen-bond donors (Lipinski definition) is 0. The SMILES string of the molecule is Clc1ccc2c(c1)CC1(Cc3nnc(C4CCC(Oc5ccccn5)CC4)n3-2)OCCCO1. The zero-order valence-electron chi connectivity index (χ0n) is 18.5. The molecule has 2 aromatic heterocycles. The molecular formula is C25H27ClN4O3. The van der Waals surface area contributed by atoms with E-state index < -0.39 is 5.79 Å². The Labute approximate surface area is 198 Å². The van der Waals surface area contributed by atoms with Gasteiger partial charge in [-0.3, -0.25) is 4.57 Å². The van der Waals surface area contributed by atoms with Crippen LogP contribution in [0.3, 0.4) is 0 Å². The summed E-state index contributed by atoms with van der Waals surface area (Å²) in [7, 11) is 0. The smallest absolute Gasteiger partial charge is 0.213 e. The molecule has 8 heteroatoms. The van der Waals surface area contributed by atoms with E-state index in [-0.39, 0.29) is 6.10 Å². The topological polar surface area (TPSA) is 71.3 Å². The molecule has 1 aromatic carbocycles. The summed E-state index contributed by atoms with van der Waals surface area (Å²) >= 11 is 6.39. The van der Waals surface area contributed by atoms with Gasteiger partial charge in [-0.25, -0.2) is 4.98 Å². The summed E-state index contributed by atoms with van der Waals surface area (Å²) in [6, 6.07) is 11.8. The molecule has 6 rings (SSSR count). The molecular weight excluding hydrogens is 440 g/mol. The highest BCUT2D eigenvalue weighted by Gasteiger charge is 2.41. The number of halogens is 1. The maximum Gasteiger partial charge on any atom is 0.213 e. The number of rotatable bonds is 3. The summed E-state index contributed by atoms with van der Waals surface area (Å²) in [6.07, 6.45) is 8.00. The van der Waals surface area contributed by atoms with Crippen LogP contribution in [0.2, 0.25) is 5.02 Å². The van der Waals surface area contributed by atoms with Gasteiger partial charge in [-0.05, 0) is 61.9 Å². The van der Waals surface area contributed by atoms with E-state index in [4.69, 9.17) is 25.8 Å². The molecule has 0 bridgehead atoms. The number of pyridine rings is 1. The molecule has 7 nitrogen and oxygen atoms in total. The molecule has 33 heavy (non-hydrogen) atoms. The number of nitrogens with zero attached hydrogens (tertiary/aromatic N) is 4. The Kier molecular flexibility index (Phi) is 5.56. The molecule has 0 amide bonds. The number of ether oxygens (including phenoxy) is 3. The van der Waals surface area contributed by atoms with Crippen LogP contribution in [0.5, 0.6) is 5.88 Å². The van der Waals surface area contributed by atoms with Gasteiger partial charge in [-0.15, -0.1) is 10.2 Å². The highest BCUT2D eigenvalue weighted by atomic mass is 35.5. The summed E-state index contributed by atoms with van der Waals surface area (Å²) in [4.78, 5) is 4.30. The fourth-order valence-corrected chi connectivity index (χ4v) is 5.52. The minimum atomic E-state index is -0.704. The molecule has 172 valence electrons. The van der Waals surface area contributed by atoms with Crippen molar-refractivity contribution in [2.75, 3.05) is 13.2 Å². The van der Waals surface area contributed by atoms with Crippen LogP contribution in [0.4, 0.5) is 0 Å². The Balaban J connectivity index is 1.28. The first-order valence-corrected chi connectivity index (χ1v) is 12.2. The van der Waals surface area contributed by atoms with Crippen molar-refractivity contribution >= 4 is 11.6 Å². The van der Waals surface area contributed by atoms with Crippen molar-refractivity contribution in [3.8, 4) is 11.6 Å². The summed E-state index contributed by atoms with van der Waals surface area (Å²) in [5, 5.41) is 10.0. The molecule has 4 heterocycles. The van der Waals surface area contributed by atoms with Gasteiger partial charge in [-0.1, -0.05) is 17.7 Å². The third-order valence-electron chi connectivity index (χ3n) is 6.91. The minimum Gasteiger partial charge on any atom is -0.474 e. The molecule has 1 aliphatic carbocycles. The molecule has 2 fully saturated rings. The third-order valence-corrected chi connectivity index (χ3v) is 7.14. The average molecular weight is 467 g/mol. The van der Waals surface area contributed by atoms with Crippen molar-refractivity contribution in [1.29, 1.82) is 0 Å². The molecule has 0 radical (unpaired) electrons. The fraction of sp³-hybridized carbons (Fsp3) is 0.480. The number of fused-ring (bicyclic) bond motifs is 3. The van der Waals surface area contributed by atoms with Crippen molar-refractivity contribution in [3.05, 3.63) is 64.8 Å². The van der Waals surface area contributed by atoms with Crippen LogP contribution >= 0.6 is 11.6 Å². The first kappa shape index (κ1) is 21.1. The van der Waals surface area contributed by atoms with Crippen LogP contribution in [0.25, 0.3) is 5.69 Å². The van der Waals surface area contributed by atoms with E-state index in [0.717, 1.165) is 55.0 Å². The summed E-state index contributed by atoms with van der Waals surface area (Å²) < 4.78 is 20.7. The molecule has 0 N–H and O–H groups in total. The van der Waals surface area contributed by atoms with E-state index in [2.05, 4.69) is 25.8 Å². The second kappa shape index (κ2) is 8.70. The Morgan fingerprint density at radius 2 is 1.85 bits per heavy atom. The van der Waals surface area contributed by atoms with E-state index >= 15 is 0 Å². The zero-order valence-corrected chi connectivity index (χ0v) is 19.2. The summed E-state index contributed by atoms with van der Waals surface area (Å²) in [5.74, 6) is 2.21. The van der Waals surface area contributed by atoms with Gasteiger partial charge < -0.3 is 14.2 Å². The van der Waals surface area contributed by atoms with Crippen LogP contribution in [-0.4, -0.2) is 44.9 Å². The monoisotopic (exact) mass is 466 g/mol. The Morgan fingerprint density at radius 3 is 2.64 bits per heavy atom. The maximum absolute atomic E-state index is 6.39. The second-order valence-corrected chi connectivity index (χ2v) is 9.59. The van der Waals surface area contributed by atoms with E-state index in [1.165, 1.54) is 0 Å². The van der Waals surface area contributed by atoms with Crippen LogP contribution in [-0.2, 0) is 22.3 Å². The molecule has 1 saturated carbocycles. The van der Waals surface area contributed by atoms with Gasteiger partial charge in [0.2, 0.25) is 5.88 Å². The largest absolute Gasteiger partial charge is 0.474 e. The molecule has 0 atom stereocenters. The van der Waals surface area contributed by atoms with Crippen molar-refractivity contribution in [2.45, 2.75) is 62.8 Å². The lowest BCUT2D eigenvalue weighted by molar-refractivity contribution is -0.265. The normalized spacial score (nSPS) is 24.0.